The summed E-state index contributed by atoms with van der Waals surface area (Å²) in [6.45, 7) is 4.27. The maximum atomic E-state index is 13.1. The number of nitrogens with one attached hydrogen (secondary N) is 1. The number of sulfonamides is 1. The van der Waals surface area contributed by atoms with Gasteiger partial charge in [-0.05, 0) is 49.2 Å². The first-order chi connectivity index (χ1) is 12.9. The highest BCUT2D eigenvalue weighted by Gasteiger charge is 2.31. The van der Waals surface area contributed by atoms with Gasteiger partial charge in [-0.15, -0.1) is 0 Å². The molecule has 0 unspecified atom stereocenters. The van der Waals surface area contributed by atoms with Crippen molar-refractivity contribution in [2.24, 2.45) is 0 Å². The molecule has 0 saturated carbocycles. The molecular formula is C20H21N3O3S. The summed E-state index contributed by atoms with van der Waals surface area (Å²) < 4.78 is 29.0. The van der Waals surface area contributed by atoms with Gasteiger partial charge in [-0.1, -0.05) is 24.3 Å². The van der Waals surface area contributed by atoms with Gasteiger partial charge in [-0.3, -0.25) is 9.89 Å². The summed E-state index contributed by atoms with van der Waals surface area (Å²) in [5.41, 5.74) is 3.83. The Hall–Kier alpha value is -2.64. The molecule has 0 amide bonds. The molecule has 27 heavy (non-hydrogen) atoms. The van der Waals surface area contributed by atoms with Crippen LogP contribution in [0.3, 0.4) is 0 Å². The van der Waals surface area contributed by atoms with Crippen LogP contribution in [0.15, 0.2) is 58.2 Å². The van der Waals surface area contributed by atoms with Gasteiger partial charge in [0.25, 0.3) is 5.56 Å². The molecule has 0 saturated heterocycles. The summed E-state index contributed by atoms with van der Waals surface area (Å²) >= 11 is 0. The van der Waals surface area contributed by atoms with Gasteiger partial charge in [0.15, 0.2) is 0 Å². The summed E-state index contributed by atoms with van der Waals surface area (Å²) in [5, 5.41) is 3.13. The van der Waals surface area contributed by atoms with E-state index in [0.717, 1.165) is 22.5 Å². The van der Waals surface area contributed by atoms with Gasteiger partial charge in [0.1, 0.15) is 0 Å². The van der Waals surface area contributed by atoms with Crippen molar-refractivity contribution < 1.29 is 8.42 Å². The Morgan fingerprint density at radius 1 is 1.00 bits per heavy atom. The van der Waals surface area contributed by atoms with E-state index in [1.54, 1.807) is 12.1 Å². The summed E-state index contributed by atoms with van der Waals surface area (Å²) in [4.78, 5) is 13.1. The lowest BCUT2D eigenvalue weighted by atomic mass is 10.1. The molecule has 1 N–H and O–H groups in total. The van der Waals surface area contributed by atoms with E-state index in [1.807, 2.05) is 50.2 Å². The SMILES string of the molecule is Cc1ccc(S(=O)(=O)N2CCc3[nH]n(-c4ccccc4)c(=O)c3C2)cc1C. The number of H-pyrrole nitrogens is 1. The first kappa shape index (κ1) is 17.8. The highest BCUT2D eigenvalue weighted by molar-refractivity contribution is 7.89. The zero-order valence-electron chi connectivity index (χ0n) is 15.3. The lowest BCUT2D eigenvalue weighted by molar-refractivity contribution is 0.389. The Balaban J connectivity index is 1.70. The van der Waals surface area contributed by atoms with Crippen molar-refractivity contribution in [3.05, 3.63) is 81.3 Å². The Labute approximate surface area is 158 Å². The minimum atomic E-state index is -3.64. The maximum Gasteiger partial charge on any atom is 0.276 e. The minimum Gasteiger partial charge on any atom is -0.295 e. The first-order valence-electron chi connectivity index (χ1n) is 8.83. The van der Waals surface area contributed by atoms with Crippen molar-refractivity contribution >= 4 is 10.0 Å². The van der Waals surface area contributed by atoms with Crippen molar-refractivity contribution in [3.8, 4) is 5.69 Å². The molecular weight excluding hydrogens is 362 g/mol. The molecule has 0 radical (unpaired) electrons. The van der Waals surface area contributed by atoms with E-state index in [0.29, 0.717) is 18.5 Å². The largest absolute Gasteiger partial charge is 0.295 e. The zero-order chi connectivity index (χ0) is 19.2. The fourth-order valence-corrected chi connectivity index (χ4v) is 4.86. The van der Waals surface area contributed by atoms with Gasteiger partial charge >= 0.3 is 0 Å². The molecule has 0 fully saturated rings. The molecule has 6 nitrogen and oxygen atoms in total. The van der Waals surface area contributed by atoms with Crippen LogP contribution in [0.25, 0.3) is 5.69 Å². The normalized spacial score (nSPS) is 14.9. The van der Waals surface area contributed by atoms with E-state index in [9.17, 15) is 13.2 Å². The monoisotopic (exact) mass is 383 g/mol. The molecule has 3 aromatic rings. The van der Waals surface area contributed by atoms with Crippen LogP contribution < -0.4 is 5.56 Å². The molecule has 1 aromatic heterocycles. The molecule has 2 heterocycles. The molecule has 1 aliphatic rings. The van der Waals surface area contributed by atoms with E-state index >= 15 is 0 Å². The molecule has 0 atom stereocenters. The van der Waals surface area contributed by atoms with E-state index in [-0.39, 0.29) is 17.0 Å². The van der Waals surface area contributed by atoms with Gasteiger partial charge < -0.3 is 0 Å². The Kier molecular flexibility index (Phi) is 4.28. The Bertz CT molecular complexity index is 1160. The van der Waals surface area contributed by atoms with Crippen LogP contribution in [0.1, 0.15) is 22.4 Å². The summed E-state index contributed by atoms with van der Waals surface area (Å²) in [6.07, 6.45) is 0.481. The van der Waals surface area contributed by atoms with Crippen molar-refractivity contribution in [2.45, 2.75) is 31.7 Å². The lowest BCUT2D eigenvalue weighted by Crippen LogP contribution is -2.37. The highest BCUT2D eigenvalue weighted by Crippen LogP contribution is 2.24. The van der Waals surface area contributed by atoms with Gasteiger partial charge in [-0.2, -0.15) is 4.31 Å². The van der Waals surface area contributed by atoms with Gasteiger partial charge in [0.05, 0.1) is 16.1 Å². The van der Waals surface area contributed by atoms with Crippen LogP contribution in [-0.2, 0) is 23.0 Å². The quantitative estimate of drug-likeness (QED) is 0.755. The third-order valence-corrected chi connectivity index (χ3v) is 6.99. The third kappa shape index (κ3) is 3.02. The summed E-state index contributed by atoms with van der Waals surface area (Å²) in [7, 11) is -3.64. The number of nitrogens with zero attached hydrogens (tertiary/aromatic N) is 2. The molecule has 0 aliphatic carbocycles. The molecule has 1 aliphatic heterocycles. The Morgan fingerprint density at radius 3 is 2.44 bits per heavy atom. The molecule has 7 heteroatoms. The van der Waals surface area contributed by atoms with Crippen LogP contribution in [0.2, 0.25) is 0 Å². The predicted octanol–water partition coefficient (Wildman–Crippen LogP) is 2.53. The first-order valence-corrected chi connectivity index (χ1v) is 10.3. The van der Waals surface area contributed by atoms with Gasteiger partial charge in [0.2, 0.25) is 10.0 Å². The van der Waals surface area contributed by atoms with Crippen molar-refractivity contribution in [1.82, 2.24) is 14.1 Å². The fraction of sp³-hybridized carbons (Fsp3) is 0.250. The number of para-hydroxylation sites is 1. The molecule has 4 rings (SSSR count). The maximum absolute atomic E-state index is 13.1. The van der Waals surface area contributed by atoms with Crippen molar-refractivity contribution in [3.63, 3.8) is 0 Å². The number of fused-ring (bicyclic) bond motifs is 1. The number of aromatic amines is 1. The van der Waals surface area contributed by atoms with E-state index in [1.165, 1.54) is 8.99 Å². The second-order valence-electron chi connectivity index (χ2n) is 6.88. The van der Waals surface area contributed by atoms with Crippen LogP contribution in [0, 0.1) is 13.8 Å². The topological polar surface area (TPSA) is 75.2 Å². The van der Waals surface area contributed by atoms with Crippen LogP contribution in [0.5, 0.6) is 0 Å². The zero-order valence-corrected chi connectivity index (χ0v) is 16.1. The summed E-state index contributed by atoms with van der Waals surface area (Å²) in [5.74, 6) is 0. The number of benzene rings is 2. The average Bonchev–Trinajstić information content (AvgIpc) is 3.01. The van der Waals surface area contributed by atoms with E-state index in [2.05, 4.69) is 5.10 Å². The molecule has 0 bridgehead atoms. The number of aromatic nitrogens is 2. The second kappa shape index (κ2) is 6.51. The number of aryl methyl sites for hydroxylation is 2. The van der Waals surface area contributed by atoms with Crippen molar-refractivity contribution in [1.29, 1.82) is 0 Å². The smallest absolute Gasteiger partial charge is 0.276 e. The van der Waals surface area contributed by atoms with Crippen LogP contribution in [0.4, 0.5) is 0 Å². The predicted molar refractivity (Wildman–Crippen MR) is 104 cm³/mol. The highest BCUT2D eigenvalue weighted by atomic mass is 32.2. The second-order valence-corrected chi connectivity index (χ2v) is 8.82. The van der Waals surface area contributed by atoms with Crippen LogP contribution in [-0.4, -0.2) is 29.0 Å². The standard InChI is InChI=1S/C20H21N3O3S/c1-14-8-9-17(12-15(14)2)27(25,26)22-11-10-19-18(13-22)20(24)23(21-19)16-6-4-3-5-7-16/h3-9,12,21H,10-11,13H2,1-2H3. The van der Waals surface area contributed by atoms with E-state index in [4.69, 9.17) is 0 Å². The van der Waals surface area contributed by atoms with Gasteiger partial charge in [-0.25, -0.2) is 13.1 Å². The fourth-order valence-electron chi connectivity index (χ4n) is 3.37. The number of hydrogen-bond donors (Lipinski definition) is 1. The van der Waals surface area contributed by atoms with Crippen molar-refractivity contribution in [2.75, 3.05) is 6.54 Å². The third-order valence-electron chi connectivity index (χ3n) is 5.15. The van der Waals surface area contributed by atoms with Crippen LogP contribution >= 0.6 is 0 Å². The van der Waals surface area contributed by atoms with E-state index < -0.39 is 10.0 Å². The summed E-state index contributed by atoms with van der Waals surface area (Å²) in [6, 6.07) is 14.4. The number of rotatable bonds is 3. The average molecular weight is 383 g/mol. The number of hydrogen-bond acceptors (Lipinski definition) is 3. The minimum absolute atomic E-state index is 0.0831. The molecule has 2 aromatic carbocycles. The van der Waals surface area contributed by atoms with Gasteiger partial charge in [0, 0.05) is 25.2 Å². The Morgan fingerprint density at radius 2 is 1.74 bits per heavy atom. The molecule has 0 spiro atoms. The molecule has 140 valence electrons. The lowest BCUT2D eigenvalue weighted by Gasteiger charge is -2.25.